The molecule has 0 saturated heterocycles. The summed E-state index contributed by atoms with van der Waals surface area (Å²) in [4.78, 5) is 25.3. The van der Waals surface area contributed by atoms with Gasteiger partial charge in [-0.1, -0.05) is 0 Å². The van der Waals surface area contributed by atoms with Crippen LogP contribution in [0.2, 0.25) is 0 Å². The number of rotatable bonds is 0. The maximum atomic E-state index is 12.1. The predicted octanol–water partition coefficient (Wildman–Crippen LogP) is 2.89. The Morgan fingerprint density at radius 3 is 2.67 bits per heavy atom. The van der Waals surface area contributed by atoms with Crippen molar-refractivity contribution in [3.05, 3.63) is 43.3 Å². The summed E-state index contributed by atoms with van der Waals surface area (Å²) in [6.45, 7) is 1.87. The zero-order valence-corrected chi connectivity index (χ0v) is 9.50. The Kier molecular flexibility index (Phi) is 1.72. The first-order chi connectivity index (χ1) is 7.20. The zero-order chi connectivity index (χ0) is 10.6. The number of hydrogen-bond donors (Lipinski definition) is 0. The second kappa shape index (κ2) is 2.87. The molecule has 2 aromatic heterocycles. The molecule has 0 saturated carbocycles. The van der Waals surface area contributed by atoms with Crippen molar-refractivity contribution in [1.82, 2.24) is 0 Å². The highest BCUT2D eigenvalue weighted by Gasteiger charge is 2.33. The summed E-state index contributed by atoms with van der Waals surface area (Å²) in [6, 6.07) is 1.74. The summed E-state index contributed by atoms with van der Waals surface area (Å²) in [6.07, 6.45) is 0. The van der Waals surface area contributed by atoms with Crippen molar-refractivity contribution in [3.8, 4) is 0 Å². The highest BCUT2D eigenvalue weighted by atomic mass is 32.1. The highest BCUT2D eigenvalue weighted by molar-refractivity contribution is 7.16. The summed E-state index contributed by atoms with van der Waals surface area (Å²) in [5, 5.41) is 3.67. The van der Waals surface area contributed by atoms with Gasteiger partial charge in [-0.15, -0.1) is 22.7 Å². The fraction of sp³-hybridized carbons (Fsp3) is 0.0909. The molecule has 0 atom stereocenters. The molecule has 0 amide bonds. The Balaban J connectivity index is 2.37. The Hall–Kier alpha value is -1.26. The van der Waals surface area contributed by atoms with Crippen LogP contribution < -0.4 is 0 Å². The van der Waals surface area contributed by atoms with E-state index in [1.165, 1.54) is 22.7 Å². The van der Waals surface area contributed by atoms with E-state index in [0.717, 1.165) is 5.56 Å². The van der Waals surface area contributed by atoms with Gasteiger partial charge in [-0.3, -0.25) is 9.59 Å². The van der Waals surface area contributed by atoms with Crippen LogP contribution in [0.5, 0.6) is 0 Å². The van der Waals surface area contributed by atoms with Gasteiger partial charge in [-0.05, 0) is 29.3 Å². The van der Waals surface area contributed by atoms with Crippen LogP contribution >= 0.6 is 22.7 Å². The fourth-order valence-electron chi connectivity index (χ4n) is 1.80. The number of aryl methyl sites for hydroxylation is 1. The third-order valence-corrected chi connectivity index (χ3v) is 4.53. The molecule has 2 nitrogen and oxygen atoms in total. The van der Waals surface area contributed by atoms with E-state index in [1.807, 2.05) is 12.3 Å². The Labute approximate surface area is 94.2 Å². The van der Waals surface area contributed by atoms with Crippen molar-refractivity contribution in [2.24, 2.45) is 0 Å². The molecule has 0 unspecified atom stereocenters. The lowest BCUT2D eigenvalue weighted by atomic mass is 9.93. The van der Waals surface area contributed by atoms with Gasteiger partial charge in [0.25, 0.3) is 0 Å². The van der Waals surface area contributed by atoms with E-state index >= 15 is 0 Å². The fourth-order valence-corrected chi connectivity index (χ4v) is 3.69. The van der Waals surface area contributed by atoms with Gasteiger partial charge < -0.3 is 0 Å². The normalized spacial score (nSPS) is 13.9. The predicted molar refractivity (Wildman–Crippen MR) is 60.2 cm³/mol. The molecule has 1 aliphatic carbocycles. The third-order valence-electron chi connectivity index (χ3n) is 2.52. The van der Waals surface area contributed by atoms with Crippen LogP contribution in [-0.4, -0.2) is 11.6 Å². The van der Waals surface area contributed by atoms with Gasteiger partial charge in [0, 0.05) is 11.1 Å². The molecule has 2 heterocycles. The highest BCUT2D eigenvalue weighted by Crippen LogP contribution is 2.35. The first-order valence-electron chi connectivity index (χ1n) is 4.45. The van der Waals surface area contributed by atoms with Crippen LogP contribution in [0.1, 0.15) is 36.0 Å². The minimum Gasteiger partial charge on any atom is -0.288 e. The molecule has 0 bridgehead atoms. The first kappa shape index (κ1) is 9.00. The molecule has 1 aliphatic rings. The number of hydrogen-bond acceptors (Lipinski definition) is 4. The maximum Gasteiger partial charge on any atom is 0.214 e. The Morgan fingerprint density at radius 2 is 1.87 bits per heavy atom. The van der Waals surface area contributed by atoms with Gasteiger partial charge in [-0.2, -0.15) is 0 Å². The minimum atomic E-state index is -0.000370. The molecule has 0 aliphatic heterocycles. The van der Waals surface area contributed by atoms with Gasteiger partial charge in [-0.25, -0.2) is 0 Å². The topological polar surface area (TPSA) is 34.1 Å². The molecule has 74 valence electrons. The van der Waals surface area contributed by atoms with Crippen molar-refractivity contribution in [2.75, 3.05) is 0 Å². The van der Waals surface area contributed by atoms with Crippen LogP contribution in [0.3, 0.4) is 0 Å². The number of carbonyl (C=O) groups excluding carboxylic acids is 2. The molecular formula is C11H6O2S2. The SMILES string of the molecule is Cc1csc2c1C(=O)c1ccsc1C2=O. The minimum absolute atomic E-state index is 0.000370. The quantitative estimate of drug-likeness (QED) is 0.599. The summed E-state index contributed by atoms with van der Waals surface area (Å²) < 4.78 is 0. The number of ketones is 2. The maximum absolute atomic E-state index is 12.1. The Morgan fingerprint density at radius 1 is 1.07 bits per heavy atom. The van der Waals surface area contributed by atoms with Gasteiger partial charge in [0.05, 0.1) is 9.75 Å². The lowest BCUT2D eigenvalue weighted by molar-refractivity contribution is 0.0985. The van der Waals surface area contributed by atoms with E-state index in [2.05, 4.69) is 0 Å². The molecule has 4 heteroatoms. The average Bonchev–Trinajstić information content (AvgIpc) is 2.80. The lowest BCUT2D eigenvalue weighted by Gasteiger charge is -2.10. The lowest BCUT2D eigenvalue weighted by Crippen LogP contribution is -2.16. The van der Waals surface area contributed by atoms with Gasteiger partial charge >= 0.3 is 0 Å². The van der Waals surface area contributed by atoms with E-state index in [4.69, 9.17) is 0 Å². The zero-order valence-electron chi connectivity index (χ0n) is 7.87. The van der Waals surface area contributed by atoms with E-state index in [0.29, 0.717) is 20.9 Å². The van der Waals surface area contributed by atoms with E-state index in [9.17, 15) is 9.59 Å². The van der Waals surface area contributed by atoms with Crippen LogP contribution in [0.4, 0.5) is 0 Å². The third kappa shape index (κ3) is 1.03. The molecule has 0 N–H and O–H groups in total. The van der Waals surface area contributed by atoms with Crippen molar-refractivity contribution >= 4 is 34.2 Å². The molecule has 2 aromatic rings. The molecule has 0 fully saturated rings. The van der Waals surface area contributed by atoms with Crippen LogP contribution in [0.15, 0.2) is 16.8 Å². The summed E-state index contributed by atoms with van der Waals surface area (Å²) in [5.74, 6) is 0.00676. The van der Waals surface area contributed by atoms with Crippen molar-refractivity contribution in [3.63, 3.8) is 0 Å². The molecule has 0 aromatic carbocycles. The van der Waals surface area contributed by atoms with E-state index in [1.54, 1.807) is 11.4 Å². The molecule has 0 spiro atoms. The monoisotopic (exact) mass is 234 g/mol. The summed E-state index contributed by atoms with van der Waals surface area (Å²) >= 11 is 2.71. The smallest absolute Gasteiger partial charge is 0.214 e. The second-order valence-electron chi connectivity index (χ2n) is 3.44. The number of carbonyl (C=O) groups is 2. The standard InChI is InChI=1S/C11H6O2S2/c1-5-4-15-11-7(5)8(12)6-2-3-14-10(6)9(11)13/h2-4H,1H3. The van der Waals surface area contributed by atoms with Gasteiger partial charge in [0.2, 0.25) is 5.78 Å². The Bertz CT molecular complexity index is 590. The van der Waals surface area contributed by atoms with Crippen molar-refractivity contribution < 1.29 is 9.59 Å². The summed E-state index contributed by atoms with van der Waals surface area (Å²) in [5.41, 5.74) is 2.08. The van der Waals surface area contributed by atoms with E-state index in [-0.39, 0.29) is 11.6 Å². The van der Waals surface area contributed by atoms with E-state index < -0.39 is 0 Å². The molecular weight excluding hydrogens is 228 g/mol. The summed E-state index contributed by atoms with van der Waals surface area (Å²) in [7, 11) is 0. The van der Waals surface area contributed by atoms with Crippen LogP contribution in [0.25, 0.3) is 0 Å². The number of thiophene rings is 2. The largest absolute Gasteiger partial charge is 0.288 e. The number of fused-ring (bicyclic) bond motifs is 2. The van der Waals surface area contributed by atoms with Crippen molar-refractivity contribution in [2.45, 2.75) is 6.92 Å². The van der Waals surface area contributed by atoms with Crippen molar-refractivity contribution in [1.29, 1.82) is 0 Å². The first-order valence-corrected chi connectivity index (χ1v) is 6.21. The second-order valence-corrected chi connectivity index (χ2v) is 5.24. The van der Waals surface area contributed by atoms with Crippen LogP contribution in [0, 0.1) is 6.92 Å². The van der Waals surface area contributed by atoms with Gasteiger partial charge in [0.1, 0.15) is 0 Å². The average molecular weight is 234 g/mol. The van der Waals surface area contributed by atoms with Gasteiger partial charge in [0.15, 0.2) is 5.78 Å². The molecule has 0 radical (unpaired) electrons. The molecule has 3 rings (SSSR count). The van der Waals surface area contributed by atoms with Crippen LogP contribution in [-0.2, 0) is 0 Å². The molecule has 15 heavy (non-hydrogen) atoms.